The van der Waals surface area contributed by atoms with Gasteiger partial charge in [0.25, 0.3) is 5.69 Å². The molecule has 6 nitrogen and oxygen atoms in total. The maximum Gasteiger partial charge on any atom is 0.283 e. The summed E-state index contributed by atoms with van der Waals surface area (Å²) in [4.78, 5) is 12.6. The average molecular weight is 423 g/mol. The molecular formula is C21H18N4O2S2. The highest BCUT2D eigenvalue weighted by molar-refractivity contribution is 8.13. The molecule has 0 saturated carbocycles. The van der Waals surface area contributed by atoms with Crippen LogP contribution >= 0.6 is 23.5 Å². The lowest BCUT2D eigenvalue weighted by Gasteiger charge is -2.04. The fourth-order valence-corrected chi connectivity index (χ4v) is 3.91. The highest BCUT2D eigenvalue weighted by atomic mass is 32.2. The molecule has 0 aromatic heterocycles. The van der Waals surface area contributed by atoms with E-state index < -0.39 is 4.92 Å². The van der Waals surface area contributed by atoms with Crippen molar-refractivity contribution in [2.75, 3.05) is 0 Å². The molecule has 3 aromatic rings. The van der Waals surface area contributed by atoms with Crippen LogP contribution in [0.4, 0.5) is 5.69 Å². The van der Waals surface area contributed by atoms with Crippen LogP contribution in [-0.2, 0) is 5.75 Å². The van der Waals surface area contributed by atoms with Gasteiger partial charge in [-0.05, 0) is 23.8 Å². The Balaban J connectivity index is 1.67. The Kier molecular flexibility index (Phi) is 7.43. The van der Waals surface area contributed by atoms with Gasteiger partial charge in [0.2, 0.25) is 0 Å². The minimum absolute atomic E-state index is 0.0261. The Hall–Kier alpha value is -3.10. The van der Waals surface area contributed by atoms with E-state index in [2.05, 4.69) is 10.2 Å². The molecule has 0 spiro atoms. The van der Waals surface area contributed by atoms with Crippen molar-refractivity contribution >= 4 is 40.6 Å². The molecule has 0 aliphatic rings. The number of amidine groups is 1. The Morgan fingerprint density at radius 2 is 1.72 bits per heavy atom. The fourth-order valence-electron chi connectivity index (χ4n) is 2.37. The second-order valence-electron chi connectivity index (χ2n) is 5.86. The molecule has 3 rings (SSSR count). The van der Waals surface area contributed by atoms with E-state index in [1.807, 2.05) is 60.7 Å². The average Bonchev–Trinajstić information content (AvgIpc) is 2.74. The van der Waals surface area contributed by atoms with Gasteiger partial charge in [0, 0.05) is 22.3 Å². The molecule has 0 heterocycles. The predicted octanol–water partition coefficient (Wildman–Crippen LogP) is 5.33. The van der Waals surface area contributed by atoms with Crippen molar-refractivity contribution in [3.05, 3.63) is 100 Å². The lowest BCUT2D eigenvalue weighted by Crippen LogP contribution is -2.06. The quantitative estimate of drug-likeness (QED) is 0.240. The molecule has 0 aliphatic heterocycles. The third-order valence-corrected chi connectivity index (χ3v) is 5.67. The van der Waals surface area contributed by atoms with Gasteiger partial charge in [-0.15, -0.1) is 5.10 Å². The first-order valence-electron chi connectivity index (χ1n) is 8.66. The topological polar surface area (TPSA) is 93.9 Å². The number of nitro benzene ring substituents is 1. The summed E-state index contributed by atoms with van der Waals surface area (Å²) < 4.78 is 0. The van der Waals surface area contributed by atoms with Crippen LogP contribution in [-0.4, -0.2) is 16.3 Å². The summed E-state index contributed by atoms with van der Waals surface area (Å²) in [6.07, 6.45) is 1.46. The number of rotatable bonds is 7. The van der Waals surface area contributed by atoms with Gasteiger partial charge >= 0.3 is 0 Å². The van der Waals surface area contributed by atoms with E-state index in [1.165, 1.54) is 35.8 Å². The van der Waals surface area contributed by atoms with Crippen molar-refractivity contribution in [1.82, 2.24) is 0 Å². The zero-order chi connectivity index (χ0) is 20.5. The van der Waals surface area contributed by atoms with Gasteiger partial charge in [-0.2, -0.15) is 5.10 Å². The van der Waals surface area contributed by atoms with E-state index in [0.717, 1.165) is 10.5 Å². The Labute approximate surface area is 177 Å². The Bertz CT molecular complexity index is 1030. The van der Waals surface area contributed by atoms with Crippen molar-refractivity contribution in [1.29, 1.82) is 0 Å². The van der Waals surface area contributed by atoms with E-state index in [1.54, 1.807) is 12.1 Å². The largest absolute Gasteiger partial charge is 0.377 e. The molecule has 8 heteroatoms. The molecule has 0 amide bonds. The molecule has 0 unspecified atom stereocenters. The van der Waals surface area contributed by atoms with E-state index in [-0.39, 0.29) is 5.69 Å². The monoisotopic (exact) mass is 422 g/mol. The van der Waals surface area contributed by atoms with Crippen molar-refractivity contribution < 1.29 is 4.92 Å². The normalized spacial score (nSPS) is 11.7. The van der Waals surface area contributed by atoms with E-state index >= 15 is 0 Å². The van der Waals surface area contributed by atoms with E-state index in [4.69, 9.17) is 5.73 Å². The van der Waals surface area contributed by atoms with Gasteiger partial charge < -0.3 is 5.73 Å². The Morgan fingerprint density at radius 1 is 1.03 bits per heavy atom. The van der Waals surface area contributed by atoms with Crippen molar-refractivity contribution in [2.24, 2.45) is 15.9 Å². The number of benzene rings is 3. The van der Waals surface area contributed by atoms with Gasteiger partial charge in [0.05, 0.1) is 16.0 Å². The van der Waals surface area contributed by atoms with Crippen LogP contribution < -0.4 is 5.73 Å². The zero-order valence-corrected chi connectivity index (χ0v) is 17.0. The van der Waals surface area contributed by atoms with Crippen molar-refractivity contribution in [3.8, 4) is 0 Å². The third-order valence-electron chi connectivity index (χ3n) is 3.74. The number of thioether (sulfide) groups is 1. The van der Waals surface area contributed by atoms with E-state index in [0.29, 0.717) is 21.4 Å². The summed E-state index contributed by atoms with van der Waals surface area (Å²) in [5, 5.41) is 19.7. The highest BCUT2D eigenvalue weighted by Gasteiger charge is 2.15. The summed E-state index contributed by atoms with van der Waals surface area (Å²) >= 11 is 2.73. The van der Waals surface area contributed by atoms with Crippen LogP contribution in [0, 0.1) is 10.1 Å². The smallest absolute Gasteiger partial charge is 0.283 e. The van der Waals surface area contributed by atoms with Gasteiger partial charge in [0.1, 0.15) is 0 Å². The summed E-state index contributed by atoms with van der Waals surface area (Å²) in [5.74, 6) is 0.697. The first-order chi connectivity index (χ1) is 14.1. The van der Waals surface area contributed by atoms with Crippen LogP contribution in [0.3, 0.4) is 0 Å². The minimum atomic E-state index is -0.393. The first kappa shape index (κ1) is 20.6. The van der Waals surface area contributed by atoms with Crippen LogP contribution in [0.1, 0.15) is 11.1 Å². The summed E-state index contributed by atoms with van der Waals surface area (Å²) in [7, 11) is 0. The van der Waals surface area contributed by atoms with Crippen LogP contribution in [0.15, 0.2) is 98.9 Å². The van der Waals surface area contributed by atoms with Gasteiger partial charge in [0.15, 0.2) is 5.17 Å². The van der Waals surface area contributed by atoms with Gasteiger partial charge in [-0.25, -0.2) is 0 Å². The van der Waals surface area contributed by atoms with Crippen molar-refractivity contribution in [3.63, 3.8) is 0 Å². The Morgan fingerprint density at radius 3 is 2.41 bits per heavy atom. The maximum absolute atomic E-state index is 11.5. The van der Waals surface area contributed by atoms with Gasteiger partial charge in [-0.3, -0.25) is 10.1 Å². The number of hydrogen-bond donors (Lipinski definition) is 1. The lowest BCUT2D eigenvalue weighted by molar-refractivity contribution is -0.387. The second kappa shape index (κ2) is 10.4. The standard InChI is InChI=1S/C21H18N4O2S2/c22-21(28-15-16-7-3-1-4-8-16)24-23-14-17-11-12-20(19(13-17)25(26)27)29-18-9-5-2-6-10-18/h1-14H,15H2,(H2,22,24). The number of nitro groups is 1. The molecule has 146 valence electrons. The number of nitrogens with zero attached hydrogens (tertiary/aromatic N) is 3. The molecule has 0 aliphatic carbocycles. The molecule has 0 bridgehead atoms. The second-order valence-corrected chi connectivity index (χ2v) is 7.97. The molecular weight excluding hydrogens is 404 g/mol. The van der Waals surface area contributed by atoms with Crippen molar-refractivity contribution in [2.45, 2.75) is 15.5 Å². The first-order valence-corrected chi connectivity index (χ1v) is 10.5. The zero-order valence-electron chi connectivity index (χ0n) is 15.3. The van der Waals surface area contributed by atoms with Crippen LogP contribution in [0.2, 0.25) is 0 Å². The fraction of sp³-hybridized carbons (Fsp3) is 0.0476. The molecule has 0 saturated heterocycles. The molecule has 2 N–H and O–H groups in total. The molecule has 0 radical (unpaired) electrons. The molecule has 3 aromatic carbocycles. The maximum atomic E-state index is 11.5. The minimum Gasteiger partial charge on any atom is -0.377 e. The number of nitrogens with two attached hydrogens (primary N) is 1. The summed E-state index contributed by atoms with van der Waals surface area (Å²) in [6, 6.07) is 24.4. The molecule has 0 fully saturated rings. The molecule has 0 atom stereocenters. The predicted molar refractivity (Wildman–Crippen MR) is 121 cm³/mol. The SMILES string of the molecule is NC(=NN=Cc1ccc(Sc2ccccc2)c([N+](=O)[O-])c1)SCc1ccccc1. The van der Waals surface area contributed by atoms with Crippen LogP contribution in [0.25, 0.3) is 0 Å². The van der Waals surface area contributed by atoms with Crippen LogP contribution in [0.5, 0.6) is 0 Å². The summed E-state index contributed by atoms with van der Waals surface area (Å²) in [5.41, 5.74) is 7.61. The highest BCUT2D eigenvalue weighted by Crippen LogP contribution is 2.35. The van der Waals surface area contributed by atoms with Gasteiger partial charge in [-0.1, -0.05) is 78.1 Å². The third kappa shape index (κ3) is 6.48. The molecule has 29 heavy (non-hydrogen) atoms. The number of hydrogen-bond acceptors (Lipinski definition) is 6. The van der Waals surface area contributed by atoms with E-state index in [9.17, 15) is 10.1 Å². The lowest BCUT2D eigenvalue weighted by atomic mass is 10.2. The summed E-state index contributed by atoms with van der Waals surface area (Å²) in [6.45, 7) is 0.